The number of aromatic nitrogens is 4. The van der Waals surface area contributed by atoms with E-state index in [9.17, 15) is 18.0 Å². The fraction of sp³-hybridized carbons (Fsp3) is 0.200. The second-order valence-corrected chi connectivity index (χ2v) is 7.69. The highest BCUT2D eigenvalue weighted by atomic mass is 19.4. The van der Waals surface area contributed by atoms with Crippen molar-refractivity contribution < 1.29 is 27.4 Å². The van der Waals surface area contributed by atoms with Gasteiger partial charge in [0.2, 0.25) is 5.95 Å². The van der Waals surface area contributed by atoms with Gasteiger partial charge in [0.25, 0.3) is 0 Å². The van der Waals surface area contributed by atoms with Gasteiger partial charge in [-0.15, -0.1) is 0 Å². The standard InChI is InChI=1S/C25H22F3N5O3/c1-4-36-23(34)19-12-29-24(32-22(19)16-5-7-17(8-6-16)25(26,27)28)31-18-9-10-20(21(11-18)35-3)33-13-15(2)30-14-33/h5-14H,4H2,1-3H3,(H,29,31,32). The summed E-state index contributed by atoms with van der Waals surface area (Å²) < 4.78 is 51.4. The third-order valence-corrected chi connectivity index (χ3v) is 5.20. The van der Waals surface area contributed by atoms with Gasteiger partial charge in [0.05, 0.1) is 42.7 Å². The predicted molar refractivity (Wildman–Crippen MR) is 127 cm³/mol. The van der Waals surface area contributed by atoms with Crippen LogP contribution in [-0.2, 0) is 10.9 Å². The third-order valence-electron chi connectivity index (χ3n) is 5.20. The van der Waals surface area contributed by atoms with E-state index in [4.69, 9.17) is 9.47 Å². The molecule has 0 aliphatic rings. The highest BCUT2D eigenvalue weighted by Gasteiger charge is 2.30. The summed E-state index contributed by atoms with van der Waals surface area (Å²) in [4.78, 5) is 25.3. The second kappa shape index (κ2) is 10.1. The number of hydrogen-bond acceptors (Lipinski definition) is 7. The van der Waals surface area contributed by atoms with Crippen molar-refractivity contribution in [2.75, 3.05) is 19.0 Å². The molecular weight excluding hydrogens is 475 g/mol. The number of methoxy groups -OCH3 is 1. The molecular formula is C25H22F3N5O3. The maximum absolute atomic E-state index is 13.0. The quantitative estimate of drug-likeness (QED) is 0.333. The van der Waals surface area contributed by atoms with Gasteiger partial charge in [0, 0.05) is 29.7 Å². The Morgan fingerprint density at radius 2 is 1.86 bits per heavy atom. The number of anilines is 2. The first kappa shape index (κ1) is 24.7. The van der Waals surface area contributed by atoms with Crippen molar-refractivity contribution in [3.05, 3.63) is 78.0 Å². The summed E-state index contributed by atoms with van der Waals surface area (Å²) in [5.41, 5.74) is 1.88. The molecule has 2 aromatic carbocycles. The van der Waals surface area contributed by atoms with Crippen LogP contribution in [0, 0.1) is 6.92 Å². The molecule has 0 saturated heterocycles. The van der Waals surface area contributed by atoms with E-state index in [1.165, 1.54) is 18.3 Å². The molecule has 1 N–H and O–H groups in total. The molecule has 8 nitrogen and oxygen atoms in total. The van der Waals surface area contributed by atoms with Gasteiger partial charge in [-0.05, 0) is 38.1 Å². The van der Waals surface area contributed by atoms with Gasteiger partial charge in [-0.2, -0.15) is 13.2 Å². The number of esters is 1. The Morgan fingerprint density at radius 3 is 2.47 bits per heavy atom. The molecule has 0 fully saturated rings. The van der Waals surface area contributed by atoms with Crippen LogP contribution in [0.3, 0.4) is 0 Å². The summed E-state index contributed by atoms with van der Waals surface area (Å²) in [6, 6.07) is 9.72. The van der Waals surface area contributed by atoms with E-state index in [-0.39, 0.29) is 23.8 Å². The molecule has 0 atom stereocenters. The van der Waals surface area contributed by atoms with E-state index in [0.29, 0.717) is 17.0 Å². The number of ether oxygens (including phenoxy) is 2. The van der Waals surface area contributed by atoms with Crippen LogP contribution in [0.1, 0.15) is 28.5 Å². The first-order valence-corrected chi connectivity index (χ1v) is 10.9. The Morgan fingerprint density at radius 1 is 1.11 bits per heavy atom. The smallest absolute Gasteiger partial charge is 0.416 e. The molecule has 4 rings (SSSR count). The van der Waals surface area contributed by atoms with Crippen molar-refractivity contribution >= 4 is 17.6 Å². The van der Waals surface area contributed by atoms with Crippen molar-refractivity contribution in [3.63, 3.8) is 0 Å². The molecule has 0 aliphatic heterocycles. The van der Waals surface area contributed by atoms with Crippen molar-refractivity contribution in [1.29, 1.82) is 0 Å². The highest BCUT2D eigenvalue weighted by molar-refractivity contribution is 5.96. The van der Waals surface area contributed by atoms with Gasteiger partial charge in [-0.25, -0.2) is 19.7 Å². The van der Waals surface area contributed by atoms with Crippen molar-refractivity contribution in [1.82, 2.24) is 19.5 Å². The number of alkyl halides is 3. The van der Waals surface area contributed by atoms with Crippen LogP contribution in [0.5, 0.6) is 5.75 Å². The highest BCUT2D eigenvalue weighted by Crippen LogP contribution is 2.32. The summed E-state index contributed by atoms with van der Waals surface area (Å²) in [6.07, 6.45) is 0.327. The molecule has 2 heterocycles. The molecule has 0 aliphatic carbocycles. The second-order valence-electron chi connectivity index (χ2n) is 7.69. The van der Waals surface area contributed by atoms with Crippen molar-refractivity contribution in [3.8, 4) is 22.7 Å². The summed E-state index contributed by atoms with van der Waals surface area (Å²) in [5.74, 6) is 0.00956. The van der Waals surface area contributed by atoms with E-state index in [0.717, 1.165) is 23.5 Å². The topological polar surface area (TPSA) is 91.2 Å². The lowest BCUT2D eigenvalue weighted by molar-refractivity contribution is -0.137. The molecule has 0 unspecified atom stereocenters. The first-order valence-electron chi connectivity index (χ1n) is 10.9. The Bertz CT molecular complexity index is 1380. The minimum Gasteiger partial charge on any atom is -0.494 e. The molecule has 0 radical (unpaired) electrons. The van der Waals surface area contributed by atoms with Crippen LogP contribution < -0.4 is 10.1 Å². The summed E-state index contributed by atoms with van der Waals surface area (Å²) in [5, 5.41) is 3.05. The molecule has 186 valence electrons. The number of hydrogen-bond donors (Lipinski definition) is 1. The van der Waals surface area contributed by atoms with E-state index in [2.05, 4.69) is 20.3 Å². The number of benzene rings is 2. The fourth-order valence-corrected chi connectivity index (χ4v) is 3.49. The maximum atomic E-state index is 13.0. The Kier molecular flexibility index (Phi) is 6.91. The van der Waals surface area contributed by atoms with Crippen molar-refractivity contribution in [2.45, 2.75) is 20.0 Å². The minimum atomic E-state index is -4.48. The molecule has 36 heavy (non-hydrogen) atoms. The SMILES string of the molecule is CCOC(=O)c1cnc(Nc2ccc(-n3cnc(C)c3)c(OC)c2)nc1-c1ccc(C(F)(F)F)cc1. The van der Waals surface area contributed by atoms with Crippen LogP contribution in [0.25, 0.3) is 16.9 Å². The number of carbonyl (C=O) groups excluding carboxylic acids is 1. The van der Waals surface area contributed by atoms with Crippen LogP contribution in [-0.4, -0.2) is 39.2 Å². The molecule has 0 bridgehead atoms. The monoisotopic (exact) mass is 497 g/mol. The van der Waals surface area contributed by atoms with Crippen LogP contribution in [0.4, 0.5) is 24.8 Å². The molecule has 4 aromatic rings. The minimum absolute atomic E-state index is 0.0329. The molecule has 2 aromatic heterocycles. The van der Waals surface area contributed by atoms with Crippen molar-refractivity contribution in [2.24, 2.45) is 0 Å². The Balaban J connectivity index is 1.69. The fourth-order valence-electron chi connectivity index (χ4n) is 3.49. The normalized spacial score (nSPS) is 11.3. The number of halogens is 3. The largest absolute Gasteiger partial charge is 0.494 e. The van der Waals surface area contributed by atoms with E-state index in [1.54, 1.807) is 32.5 Å². The van der Waals surface area contributed by atoms with Crippen LogP contribution >= 0.6 is 0 Å². The molecule has 0 spiro atoms. The van der Waals surface area contributed by atoms with E-state index >= 15 is 0 Å². The van der Waals surface area contributed by atoms with E-state index in [1.807, 2.05) is 23.8 Å². The summed E-state index contributed by atoms with van der Waals surface area (Å²) in [7, 11) is 1.54. The third kappa shape index (κ3) is 5.29. The first-order chi connectivity index (χ1) is 17.2. The zero-order valence-electron chi connectivity index (χ0n) is 19.6. The molecule has 0 amide bonds. The zero-order chi connectivity index (χ0) is 25.9. The zero-order valence-corrected chi connectivity index (χ0v) is 19.6. The average Bonchev–Trinajstić information content (AvgIpc) is 3.29. The van der Waals surface area contributed by atoms with Gasteiger partial charge in [-0.1, -0.05) is 12.1 Å². The number of carbonyl (C=O) groups is 1. The Labute approximate surface area is 204 Å². The maximum Gasteiger partial charge on any atom is 0.416 e. The molecule has 11 heteroatoms. The lowest BCUT2D eigenvalue weighted by atomic mass is 10.0. The molecule has 0 saturated carbocycles. The number of aryl methyl sites for hydroxylation is 1. The van der Waals surface area contributed by atoms with Crippen LogP contribution in [0.15, 0.2) is 61.2 Å². The van der Waals surface area contributed by atoms with Gasteiger partial charge in [0.15, 0.2) is 0 Å². The predicted octanol–water partition coefficient (Wildman–Crippen LogP) is 5.59. The lowest BCUT2D eigenvalue weighted by Crippen LogP contribution is -2.10. The number of imidazole rings is 1. The number of rotatable bonds is 7. The van der Waals surface area contributed by atoms with Gasteiger partial charge < -0.3 is 19.4 Å². The summed E-state index contributed by atoms with van der Waals surface area (Å²) in [6.45, 7) is 3.65. The van der Waals surface area contributed by atoms with Gasteiger partial charge in [-0.3, -0.25) is 0 Å². The van der Waals surface area contributed by atoms with Gasteiger partial charge in [0.1, 0.15) is 11.3 Å². The summed E-state index contributed by atoms with van der Waals surface area (Å²) >= 11 is 0. The number of nitrogens with one attached hydrogen (secondary N) is 1. The number of nitrogens with zero attached hydrogens (tertiary/aromatic N) is 4. The lowest BCUT2D eigenvalue weighted by Gasteiger charge is -2.14. The Hall–Kier alpha value is -4.41. The van der Waals surface area contributed by atoms with Crippen LogP contribution in [0.2, 0.25) is 0 Å². The van der Waals surface area contributed by atoms with Gasteiger partial charge >= 0.3 is 12.1 Å². The average molecular weight is 497 g/mol. The van der Waals surface area contributed by atoms with E-state index < -0.39 is 17.7 Å².